The van der Waals surface area contributed by atoms with Gasteiger partial charge >= 0.3 is 5.97 Å². The Morgan fingerprint density at radius 3 is 2.47 bits per heavy atom. The van der Waals surface area contributed by atoms with E-state index in [9.17, 15) is 19.5 Å². The number of methoxy groups -OCH3 is 1. The number of halogens is 2. The van der Waals surface area contributed by atoms with Crippen molar-refractivity contribution >= 4 is 46.6 Å². The SMILES string of the molecule is COC(=O)c1[nH]c(C)c(C(O)=C2C(=O)C(=O)N(CCCN(C)C)[C@H]2c2ccc(Cl)c(Cl)c2)c1C. The average molecular weight is 508 g/mol. The molecule has 0 unspecified atom stereocenters. The molecule has 3 rings (SSSR count). The van der Waals surface area contributed by atoms with E-state index in [0.29, 0.717) is 41.4 Å². The zero-order chi connectivity index (χ0) is 25.3. The first kappa shape index (κ1) is 25.8. The first-order valence-electron chi connectivity index (χ1n) is 10.7. The molecule has 34 heavy (non-hydrogen) atoms. The number of H-pyrrole nitrogens is 1. The van der Waals surface area contributed by atoms with Gasteiger partial charge < -0.3 is 24.6 Å². The third-order valence-electron chi connectivity index (χ3n) is 5.87. The lowest BCUT2D eigenvalue weighted by Crippen LogP contribution is -2.32. The number of hydrogen-bond acceptors (Lipinski definition) is 6. The smallest absolute Gasteiger partial charge is 0.354 e. The number of carbonyl (C=O) groups excluding carboxylic acids is 3. The van der Waals surface area contributed by atoms with E-state index in [2.05, 4.69) is 4.98 Å². The van der Waals surface area contributed by atoms with Crippen LogP contribution in [0.1, 0.15) is 45.3 Å². The van der Waals surface area contributed by atoms with E-state index in [1.54, 1.807) is 32.0 Å². The summed E-state index contributed by atoms with van der Waals surface area (Å²) in [5.74, 6) is -2.50. The van der Waals surface area contributed by atoms with Gasteiger partial charge in [0.15, 0.2) is 0 Å². The van der Waals surface area contributed by atoms with Gasteiger partial charge in [0, 0.05) is 17.8 Å². The van der Waals surface area contributed by atoms with Crippen LogP contribution in [0.2, 0.25) is 10.0 Å². The van der Waals surface area contributed by atoms with Crippen molar-refractivity contribution in [1.29, 1.82) is 0 Å². The molecule has 1 aromatic carbocycles. The van der Waals surface area contributed by atoms with Crippen molar-refractivity contribution < 1.29 is 24.2 Å². The third-order valence-corrected chi connectivity index (χ3v) is 6.61. The van der Waals surface area contributed by atoms with Crippen LogP contribution in [-0.2, 0) is 14.3 Å². The van der Waals surface area contributed by atoms with Gasteiger partial charge in [-0.05, 0) is 64.2 Å². The molecule has 0 saturated carbocycles. The molecule has 2 N–H and O–H groups in total. The number of aromatic amines is 1. The minimum Gasteiger partial charge on any atom is -0.507 e. The van der Waals surface area contributed by atoms with Crippen LogP contribution in [0.5, 0.6) is 0 Å². The summed E-state index contributed by atoms with van der Waals surface area (Å²) in [5.41, 5.74) is 1.77. The summed E-state index contributed by atoms with van der Waals surface area (Å²) in [6.45, 7) is 4.29. The first-order valence-corrected chi connectivity index (χ1v) is 11.4. The Balaban J connectivity index is 2.20. The molecule has 1 fully saturated rings. The van der Waals surface area contributed by atoms with E-state index in [4.69, 9.17) is 27.9 Å². The van der Waals surface area contributed by atoms with Crippen molar-refractivity contribution in [2.45, 2.75) is 26.3 Å². The predicted molar refractivity (Wildman–Crippen MR) is 130 cm³/mol. The Bertz CT molecular complexity index is 1190. The minimum absolute atomic E-state index is 0.0742. The molecule has 10 heteroatoms. The highest BCUT2D eigenvalue weighted by molar-refractivity contribution is 6.47. The fourth-order valence-corrected chi connectivity index (χ4v) is 4.55. The highest BCUT2D eigenvalue weighted by Crippen LogP contribution is 2.42. The lowest BCUT2D eigenvalue weighted by molar-refractivity contribution is -0.139. The molecule has 2 aromatic rings. The monoisotopic (exact) mass is 507 g/mol. The Hall–Kier alpha value is -2.81. The van der Waals surface area contributed by atoms with Crippen LogP contribution in [0.3, 0.4) is 0 Å². The number of likely N-dealkylation sites (tertiary alicyclic amines) is 1. The number of carbonyl (C=O) groups is 3. The van der Waals surface area contributed by atoms with Gasteiger partial charge in [0.05, 0.1) is 28.8 Å². The van der Waals surface area contributed by atoms with Crippen molar-refractivity contribution in [3.63, 3.8) is 0 Å². The van der Waals surface area contributed by atoms with Crippen LogP contribution >= 0.6 is 23.2 Å². The normalized spacial score (nSPS) is 17.6. The summed E-state index contributed by atoms with van der Waals surface area (Å²) in [4.78, 5) is 44.7. The molecular formula is C24H27Cl2N3O5. The summed E-state index contributed by atoms with van der Waals surface area (Å²) in [5, 5.41) is 12.0. The number of amides is 1. The Morgan fingerprint density at radius 1 is 1.21 bits per heavy atom. The van der Waals surface area contributed by atoms with Gasteiger partial charge in [0.25, 0.3) is 11.7 Å². The molecule has 0 bridgehead atoms. The van der Waals surface area contributed by atoms with E-state index in [-0.39, 0.29) is 27.6 Å². The van der Waals surface area contributed by atoms with Gasteiger partial charge in [0.1, 0.15) is 11.5 Å². The van der Waals surface area contributed by atoms with Gasteiger partial charge in [-0.1, -0.05) is 29.3 Å². The van der Waals surface area contributed by atoms with Crippen molar-refractivity contribution in [3.05, 3.63) is 61.9 Å². The number of aryl methyl sites for hydroxylation is 1. The van der Waals surface area contributed by atoms with E-state index < -0.39 is 23.7 Å². The number of aliphatic hydroxyl groups excluding tert-OH is 1. The molecule has 1 aliphatic rings. The molecule has 1 saturated heterocycles. The Morgan fingerprint density at radius 2 is 1.88 bits per heavy atom. The third kappa shape index (κ3) is 4.71. The number of nitrogens with one attached hydrogen (secondary N) is 1. The maximum atomic E-state index is 13.2. The summed E-state index contributed by atoms with van der Waals surface area (Å²) < 4.78 is 4.80. The number of rotatable bonds is 7. The maximum Gasteiger partial charge on any atom is 0.354 e. The number of ketones is 1. The number of nitrogens with zero attached hydrogens (tertiary/aromatic N) is 2. The largest absolute Gasteiger partial charge is 0.507 e. The van der Waals surface area contributed by atoms with Crippen molar-refractivity contribution in [2.24, 2.45) is 0 Å². The second-order valence-corrected chi connectivity index (χ2v) is 9.25. The fraction of sp³-hybridized carbons (Fsp3) is 0.375. The molecular weight excluding hydrogens is 481 g/mol. The second-order valence-electron chi connectivity index (χ2n) is 8.44. The topological polar surface area (TPSA) is 103 Å². The van der Waals surface area contributed by atoms with Gasteiger partial charge in [-0.2, -0.15) is 0 Å². The zero-order valence-electron chi connectivity index (χ0n) is 19.7. The van der Waals surface area contributed by atoms with Crippen LogP contribution in [0, 0.1) is 13.8 Å². The summed E-state index contributed by atoms with van der Waals surface area (Å²) in [7, 11) is 5.09. The quantitative estimate of drug-likeness (QED) is 0.253. The minimum atomic E-state index is -0.868. The molecule has 1 amide bonds. The van der Waals surface area contributed by atoms with Crippen molar-refractivity contribution in [3.8, 4) is 0 Å². The Labute approximate surface area is 208 Å². The molecule has 2 heterocycles. The molecule has 1 atom stereocenters. The van der Waals surface area contributed by atoms with E-state index >= 15 is 0 Å². The maximum absolute atomic E-state index is 13.2. The zero-order valence-corrected chi connectivity index (χ0v) is 21.2. The van der Waals surface area contributed by atoms with Crippen LogP contribution < -0.4 is 0 Å². The van der Waals surface area contributed by atoms with Gasteiger partial charge in [-0.15, -0.1) is 0 Å². The summed E-state index contributed by atoms with van der Waals surface area (Å²) in [6, 6.07) is 3.98. The summed E-state index contributed by atoms with van der Waals surface area (Å²) in [6.07, 6.45) is 0.618. The van der Waals surface area contributed by atoms with E-state index in [1.807, 2.05) is 19.0 Å². The molecule has 182 valence electrons. The van der Waals surface area contributed by atoms with Crippen LogP contribution in [0.4, 0.5) is 0 Å². The first-order chi connectivity index (χ1) is 16.0. The molecule has 1 aliphatic heterocycles. The average Bonchev–Trinajstić information content (AvgIpc) is 3.22. The van der Waals surface area contributed by atoms with Crippen LogP contribution in [0.15, 0.2) is 23.8 Å². The summed E-state index contributed by atoms with van der Waals surface area (Å²) >= 11 is 12.3. The highest BCUT2D eigenvalue weighted by Gasteiger charge is 2.46. The number of benzene rings is 1. The van der Waals surface area contributed by atoms with Crippen LogP contribution in [0.25, 0.3) is 5.76 Å². The van der Waals surface area contributed by atoms with Crippen molar-refractivity contribution in [1.82, 2.24) is 14.8 Å². The number of aromatic nitrogens is 1. The van der Waals surface area contributed by atoms with Gasteiger partial charge in [-0.3, -0.25) is 9.59 Å². The number of ether oxygens (including phenoxy) is 1. The number of hydrogen-bond donors (Lipinski definition) is 2. The molecule has 0 aliphatic carbocycles. The van der Waals surface area contributed by atoms with E-state index in [0.717, 1.165) is 0 Å². The molecule has 0 spiro atoms. The lowest BCUT2D eigenvalue weighted by Gasteiger charge is -2.26. The number of aliphatic hydroxyl groups is 1. The standard InChI is InChI=1S/C24H27Cl2N3O5/c1-12-17(13(2)27-19(12)24(33)34-5)21(30)18-20(14-7-8-15(25)16(26)11-14)29(23(32)22(18)31)10-6-9-28(3)4/h7-8,11,20,27,30H,6,9-10H2,1-5H3/t20-/m0/s1. The number of Topliss-reactive ketones (excluding diaryl/α,β-unsaturated/α-hetero) is 1. The molecule has 0 radical (unpaired) electrons. The van der Waals surface area contributed by atoms with E-state index in [1.165, 1.54) is 12.0 Å². The Kier molecular flexibility index (Phi) is 7.75. The lowest BCUT2D eigenvalue weighted by atomic mass is 9.94. The molecule has 8 nitrogen and oxygen atoms in total. The molecule has 1 aromatic heterocycles. The van der Waals surface area contributed by atoms with Gasteiger partial charge in [-0.25, -0.2) is 4.79 Å². The predicted octanol–water partition coefficient (Wildman–Crippen LogP) is 4.10. The fourth-order valence-electron chi connectivity index (χ4n) is 4.24. The van der Waals surface area contributed by atoms with Gasteiger partial charge in [0.2, 0.25) is 0 Å². The van der Waals surface area contributed by atoms with Crippen LogP contribution in [-0.4, -0.2) is 71.8 Å². The number of esters is 1. The van der Waals surface area contributed by atoms with Crippen molar-refractivity contribution in [2.75, 3.05) is 34.3 Å². The highest BCUT2D eigenvalue weighted by atomic mass is 35.5. The second kappa shape index (κ2) is 10.2.